The summed E-state index contributed by atoms with van der Waals surface area (Å²) in [6, 6.07) is 0.247. The average molecular weight is 278 g/mol. The van der Waals surface area contributed by atoms with E-state index < -0.39 is 5.91 Å². The van der Waals surface area contributed by atoms with Gasteiger partial charge in [0.25, 0.3) is 11.8 Å². The van der Waals surface area contributed by atoms with E-state index in [9.17, 15) is 9.59 Å². The lowest BCUT2D eigenvalue weighted by Gasteiger charge is -2.22. The lowest BCUT2D eigenvalue weighted by Crippen LogP contribution is -2.36. The molecule has 1 fully saturated rings. The molecule has 5 N–H and O–H groups in total. The van der Waals surface area contributed by atoms with E-state index in [-0.39, 0.29) is 11.9 Å². The van der Waals surface area contributed by atoms with Gasteiger partial charge in [-0.05, 0) is 32.3 Å². The van der Waals surface area contributed by atoms with Crippen LogP contribution in [0.2, 0.25) is 0 Å². The van der Waals surface area contributed by atoms with Gasteiger partial charge in [0.05, 0.1) is 5.56 Å². The van der Waals surface area contributed by atoms with Crippen molar-refractivity contribution >= 4 is 11.8 Å². The minimum absolute atomic E-state index is 0.112. The van der Waals surface area contributed by atoms with Crippen LogP contribution in [0.25, 0.3) is 0 Å². The third-order valence-corrected chi connectivity index (χ3v) is 3.96. The molecule has 1 aromatic rings. The van der Waals surface area contributed by atoms with E-state index >= 15 is 0 Å². The number of carbonyl (C=O) groups is 2. The second-order valence-electron chi connectivity index (χ2n) is 5.41. The highest BCUT2D eigenvalue weighted by atomic mass is 16.2. The van der Waals surface area contributed by atoms with Crippen LogP contribution < -0.4 is 16.6 Å². The molecule has 1 aromatic heterocycles. The van der Waals surface area contributed by atoms with Crippen molar-refractivity contribution in [3.8, 4) is 0 Å². The summed E-state index contributed by atoms with van der Waals surface area (Å²) in [4.78, 5) is 26.9. The lowest BCUT2D eigenvalue weighted by atomic mass is 9.95. The maximum atomic E-state index is 12.4. The fraction of sp³-hybridized carbons (Fsp3) is 0.571. The summed E-state index contributed by atoms with van der Waals surface area (Å²) < 4.78 is 0. The molecule has 0 aliphatic heterocycles. The Morgan fingerprint density at radius 2 is 1.80 bits per heavy atom. The first kappa shape index (κ1) is 14.6. The summed E-state index contributed by atoms with van der Waals surface area (Å²) in [5.74, 6) is 4.61. The largest absolute Gasteiger partial charge is 0.354 e. The standard InChI is InChI=1S/C14H22N4O2/c1-8-11(9(2)16-12(8)14(20)18-15)13(19)17-10-6-4-3-5-7-10/h10,16H,3-7,15H2,1-2H3,(H,17,19)(H,18,20). The zero-order valence-electron chi connectivity index (χ0n) is 12.0. The summed E-state index contributed by atoms with van der Waals surface area (Å²) >= 11 is 0. The number of H-pyrrole nitrogens is 1. The van der Waals surface area contributed by atoms with Gasteiger partial charge in [0.15, 0.2) is 0 Å². The predicted octanol–water partition coefficient (Wildman–Crippen LogP) is 1.30. The Kier molecular flexibility index (Phi) is 4.44. The van der Waals surface area contributed by atoms with E-state index in [0.717, 1.165) is 25.7 Å². The molecule has 6 nitrogen and oxygen atoms in total. The summed E-state index contributed by atoms with van der Waals surface area (Å²) in [5, 5.41) is 3.07. The highest BCUT2D eigenvalue weighted by Gasteiger charge is 2.23. The van der Waals surface area contributed by atoms with Crippen molar-refractivity contribution in [3.05, 3.63) is 22.5 Å². The number of amides is 2. The van der Waals surface area contributed by atoms with Crippen molar-refractivity contribution in [1.82, 2.24) is 15.7 Å². The van der Waals surface area contributed by atoms with Gasteiger partial charge in [-0.3, -0.25) is 15.0 Å². The third kappa shape index (κ3) is 2.85. The number of carbonyl (C=O) groups excluding carboxylic acids is 2. The Labute approximate surface area is 118 Å². The topological polar surface area (TPSA) is 100 Å². The maximum Gasteiger partial charge on any atom is 0.281 e. The zero-order chi connectivity index (χ0) is 14.7. The number of aryl methyl sites for hydroxylation is 1. The molecule has 0 radical (unpaired) electrons. The number of hydrazine groups is 1. The molecule has 1 aliphatic carbocycles. The minimum Gasteiger partial charge on any atom is -0.354 e. The van der Waals surface area contributed by atoms with Crippen molar-refractivity contribution in [3.63, 3.8) is 0 Å². The molecule has 0 spiro atoms. The minimum atomic E-state index is -0.415. The molecule has 110 valence electrons. The third-order valence-electron chi connectivity index (χ3n) is 3.96. The van der Waals surface area contributed by atoms with Gasteiger partial charge in [-0.25, -0.2) is 5.84 Å². The number of nitrogen functional groups attached to an aromatic ring is 1. The highest BCUT2D eigenvalue weighted by molar-refractivity contribution is 6.02. The first-order valence-corrected chi connectivity index (χ1v) is 7.05. The highest BCUT2D eigenvalue weighted by Crippen LogP contribution is 2.21. The maximum absolute atomic E-state index is 12.4. The number of aromatic nitrogens is 1. The normalized spacial score (nSPS) is 15.9. The van der Waals surface area contributed by atoms with Crippen molar-refractivity contribution in [2.24, 2.45) is 5.84 Å². The average Bonchev–Trinajstić information content (AvgIpc) is 2.74. The van der Waals surface area contributed by atoms with E-state index in [1.807, 2.05) is 0 Å². The molecule has 1 aliphatic rings. The van der Waals surface area contributed by atoms with Gasteiger partial charge in [0.2, 0.25) is 0 Å². The molecule has 6 heteroatoms. The summed E-state index contributed by atoms with van der Waals surface area (Å²) in [6.45, 7) is 3.54. The SMILES string of the molecule is Cc1[nH]c(C(=O)NN)c(C)c1C(=O)NC1CCCCC1. The van der Waals surface area contributed by atoms with E-state index in [1.54, 1.807) is 13.8 Å². The van der Waals surface area contributed by atoms with Crippen LogP contribution in [0.1, 0.15) is 64.2 Å². The number of aromatic amines is 1. The second-order valence-corrected chi connectivity index (χ2v) is 5.41. The molecule has 0 bridgehead atoms. The van der Waals surface area contributed by atoms with Crippen LogP contribution in [0, 0.1) is 13.8 Å². The van der Waals surface area contributed by atoms with Gasteiger partial charge >= 0.3 is 0 Å². The van der Waals surface area contributed by atoms with Crippen LogP contribution >= 0.6 is 0 Å². The molecule has 0 aromatic carbocycles. The van der Waals surface area contributed by atoms with Gasteiger partial charge in [0, 0.05) is 11.7 Å². The Hall–Kier alpha value is -1.82. The number of hydrogen-bond acceptors (Lipinski definition) is 3. The fourth-order valence-electron chi connectivity index (χ4n) is 2.89. The zero-order valence-corrected chi connectivity index (χ0v) is 12.0. The quantitative estimate of drug-likeness (QED) is 0.381. The van der Waals surface area contributed by atoms with Crippen molar-refractivity contribution in [2.75, 3.05) is 0 Å². The summed E-state index contributed by atoms with van der Waals surface area (Å²) in [5.41, 5.74) is 4.30. The summed E-state index contributed by atoms with van der Waals surface area (Å²) in [7, 11) is 0. The number of hydrogen-bond donors (Lipinski definition) is 4. The predicted molar refractivity (Wildman–Crippen MR) is 76.3 cm³/mol. The van der Waals surface area contributed by atoms with Crippen LogP contribution in [0.15, 0.2) is 0 Å². The smallest absolute Gasteiger partial charge is 0.281 e. The molecule has 20 heavy (non-hydrogen) atoms. The van der Waals surface area contributed by atoms with Gasteiger partial charge < -0.3 is 10.3 Å². The number of rotatable bonds is 3. The van der Waals surface area contributed by atoms with Crippen LogP contribution in [0.3, 0.4) is 0 Å². The van der Waals surface area contributed by atoms with E-state index in [2.05, 4.69) is 15.7 Å². The molecule has 0 atom stereocenters. The Bertz CT molecular complexity index is 515. The molecule has 2 amide bonds. The van der Waals surface area contributed by atoms with Crippen molar-refractivity contribution < 1.29 is 9.59 Å². The molecular weight excluding hydrogens is 256 g/mol. The molecule has 1 heterocycles. The first-order chi connectivity index (χ1) is 9.54. The van der Waals surface area contributed by atoms with Crippen LogP contribution in [0.5, 0.6) is 0 Å². The van der Waals surface area contributed by atoms with Crippen molar-refractivity contribution in [1.29, 1.82) is 0 Å². The lowest BCUT2D eigenvalue weighted by molar-refractivity contribution is 0.0926. The Balaban J connectivity index is 2.17. The fourth-order valence-corrected chi connectivity index (χ4v) is 2.89. The van der Waals surface area contributed by atoms with Crippen LogP contribution in [-0.4, -0.2) is 22.8 Å². The van der Waals surface area contributed by atoms with Crippen molar-refractivity contribution in [2.45, 2.75) is 52.0 Å². The monoisotopic (exact) mass is 278 g/mol. The summed E-state index contributed by atoms with van der Waals surface area (Å²) in [6.07, 6.45) is 5.64. The molecule has 0 unspecified atom stereocenters. The number of nitrogens with two attached hydrogens (primary N) is 1. The molecule has 1 saturated carbocycles. The van der Waals surface area contributed by atoms with Gasteiger partial charge in [-0.15, -0.1) is 0 Å². The Morgan fingerprint density at radius 1 is 1.15 bits per heavy atom. The van der Waals surface area contributed by atoms with Crippen LogP contribution in [-0.2, 0) is 0 Å². The molecule has 0 saturated heterocycles. The van der Waals surface area contributed by atoms with Crippen LogP contribution in [0.4, 0.5) is 0 Å². The van der Waals surface area contributed by atoms with Gasteiger partial charge in [0.1, 0.15) is 5.69 Å². The Morgan fingerprint density at radius 3 is 2.40 bits per heavy atom. The van der Waals surface area contributed by atoms with E-state index in [0.29, 0.717) is 22.5 Å². The van der Waals surface area contributed by atoms with Gasteiger partial charge in [-0.1, -0.05) is 19.3 Å². The number of nitrogens with one attached hydrogen (secondary N) is 3. The molecule has 2 rings (SSSR count). The first-order valence-electron chi connectivity index (χ1n) is 7.05. The van der Waals surface area contributed by atoms with E-state index in [1.165, 1.54) is 6.42 Å². The molecular formula is C14H22N4O2. The van der Waals surface area contributed by atoms with E-state index in [4.69, 9.17) is 5.84 Å². The van der Waals surface area contributed by atoms with Gasteiger partial charge in [-0.2, -0.15) is 0 Å². The second kappa shape index (κ2) is 6.09.